The van der Waals surface area contributed by atoms with E-state index in [9.17, 15) is 4.79 Å². The van der Waals surface area contributed by atoms with E-state index < -0.39 is 5.97 Å². The van der Waals surface area contributed by atoms with E-state index in [1.54, 1.807) is 6.07 Å². The molecule has 1 heterocycles. The van der Waals surface area contributed by atoms with Gasteiger partial charge in [0.05, 0.1) is 6.04 Å². The lowest BCUT2D eigenvalue weighted by molar-refractivity contribution is 0.0659. The van der Waals surface area contributed by atoms with Crippen molar-refractivity contribution in [2.24, 2.45) is 11.7 Å². The lowest BCUT2D eigenvalue weighted by atomic mass is 10.1. The maximum absolute atomic E-state index is 10.5. The number of hydrogen-bond acceptors (Lipinski definition) is 3. The fraction of sp³-hybridized carbons (Fsp3) is 0.444. The van der Waals surface area contributed by atoms with Crippen LogP contribution in [-0.2, 0) is 0 Å². The molecule has 0 amide bonds. The molecule has 1 fully saturated rings. The van der Waals surface area contributed by atoms with Gasteiger partial charge in [-0.05, 0) is 30.9 Å². The Morgan fingerprint density at radius 2 is 2.31 bits per heavy atom. The number of carboxylic acids is 1. The smallest absolute Gasteiger partial charge is 0.371 e. The Morgan fingerprint density at radius 3 is 2.77 bits per heavy atom. The first-order chi connectivity index (χ1) is 6.18. The maximum Gasteiger partial charge on any atom is 0.371 e. The van der Waals surface area contributed by atoms with Crippen LogP contribution in [-0.4, -0.2) is 11.1 Å². The van der Waals surface area contributed by atoms with E-state index in [-0.39, 0.29) is 11.8 Å². The zero-order valence-corrected chi connectivity index (χ0v) is 7.06. The lowest BCUT2D eigenvalue weighted by Crippen LogP contribution is -2.11. The van der Waals surface area contributed by atoms with Crippen molar-refractivity contribution in [2.75, 3.05) is 0 Å². The molecule has 1 aromatic rings. The molecule has 0 unspecified atom stereocenters. The van der Waals surface area contributed by atoms with Gasteiger partial charge >= 0.3 is 5.97 Å². The summed E-state index contributed by atoms with van der Waals surface area (Å²) in [5.74, 6) is -0.0203. The van der Waals surface area contributed by atoms with Gasteiger partial charge < -0.3 is 15.3 Å². The SMILES string of the molecule is N[C@@H](c1ccc(C(=O)O)o1)C1CC1. The first kappa shape index (κ1) is 8.31. The molecule has 4 nitrogen and oxygen atoms in total. The molecule has 1 saturated carbocycles. The summed E-state index contributed by atoms with van der Waals surface area (Å²) in [7, 11) is 0. The molecule has 1 aliphatic carbocycles. The molecule has 4 heteroatoms. The molecule has 0 aliphatic heterocycles. The Kier molecular flexibility index (Phi) is 1.84. The summed E-state index contributed by atoms with van der Waals surface area (Å²) in [5, 5.41) is 8.60. The van der Waals surface area contributed by atoms with Crippen LogP contribution in [0.2, 0.25) is 0 Å². The van der Waals surface area contributed by atoms with Gasteiger partial charge in [0.1, 0.15) is 5.76 Å². The van der Waals surface area contributed by atoms with Crippen LogP contribution in [0.15, 0.2) is 16.5 Å². The minimum atomic E-state index is -1.05. The van der Waals surface area contributed by atoms with E-state index in [2.05, 4.69) is 0 Å². The standard InChI is InChI=1S/C9H11NO3/c10-8(5-1-2-5)6-3-4-7(13-6)9(11)12/h3-5,8H,1-2,10H2,(H,11,12)/t8-/m1/s1. The predicted octanol–water partition coefficient (Wildman–Crippen LogP) is 1.39. The third-order valence-electron chi connectivity index (χ3n) is 2.30. The summed E-state index contributed by atoms with van der Waals surface area (Å²) < 4.78 is 5.08. The van der Waals surface area contributed by atoms with Crippen LogP contribution in [0, 0.1) is 5.92 Å². The van der Waals surface area contributed by atoms with Crippen molar-refractivity contribution in [2.45, 2.75) is 18.9 Å². The van der Waals surface area contributed by atoms with Crippen LogP contribution in [0.1, 0.15) is 35.2 Å². The molecule has 1 aromatic heterocycles. The largest absolute Gasteiger partial charge is 0.475 e. The van der Waals surface area contributed by atoms with E-state index >= 15 is 0 Å². The molecule has 0 radical (unpaired) electrons. The summed E-state index contributed by atoms with van der Waals surface area (Å²) >= 11 is 0. The molecule has 1 aliphatic rings. The molecule has 3 N–H and O–H groups in total. The summed E-state index contributed by atoms with van der Waals surface area (Å²) in [6, 6.07) is 2.96. The van der Waals surface area contributed by atoms with Gasteiger partial charge in [-0.1, -0.05) is 0 Å². The van der Waals surface area contributed by atoms with Gasteiger partial charge in [0.2, 0.25) is 5.76 Å². The first-order valence-corrected chi connectivity index (χ1v) is 4.27. The van der Waals surface area contributed by atoms with Gasteiger partial charge in [-0.3, -0.25) is 0 Å². The van der Waals surface area contributed by atoms with E-state index in [0.29, 0.717) is 11.7 Å². The third-order valence-corrected chi connectivity index (χ3v) is 2.30. The van der Waals surface area contributed by atoms with Gasteiger partial charge in [-0.2, -0.15) is 0 Å². The van der Waals surface area contributed by atoms with Crippen molar-refractivity contribution in [1.82, 2.24) is 0 Å². The molecule has 0 spiro atoms. The van der Waals surface area contributed by atoms with E-state index in [1.165, 1.54) is 6.07 Å². The van der Waals surface area contributed by atoms with Gasteiger partial charge in [0.15, 0.2) is 0 Å². The highest BCUT2D eigenvalue weighted by Gasteiger charge is 2.31. The molecule has 2 rings (SSSR count). The van der Waals surface area contributed by atoms with Crippen LogP contribution in [0.3, 0.4) is 0 Å². The topological polar surface area (TPSA) is 76.5 Å². The molecular formula is C9H11NO3. The van der Waals surface area contributed by atoms with Crippen LogP contribution >= 0.6 is 0 Å². The Balaban J connectivity index is 2.16. The number of nitrogens with two attached hydrogens (primary N) is 1. The normalized spacial score (nSPS) is 18.5. The quantitative estimate of drug-likeness (QED) is 0.738. The maximum atomic E-state index is 10.5. The highest BCUT2D eigenvalue weighted by Crippen LogP contribution is 2.39. The van der Waals surface area contributed by atoms with Gasteiger partial charge in [0.25, 0.3) is 0 Å². The second-order valence-electron chi connectivity index (χ2n) is 3.37. The van der Waals surface area contributed by atoms with Crippen LogP contribution in [0.25, 0.3) is 0 Å². The predicted molar refractivity (Wildman–Crippen MR) is 45.3 cm³/mol. The van der Waals surface area contributed by atoms with Crippen molar-refractivity contribution in [3.63, 3.8) is 0 Å². The molecule has 0 saturated heterocycles. The van der Waals surface area contributed by atoms with Gasteiger partial charge in [-0.15, -0.1) is 0 Å². The minimum absolute atomic E-state index is 0.0360. The Morgan fingerprint density at radius 1 is 1.62 bits per heavy atom. The highest BCUT2D eigenvalue weighted by molar-refractivity contribution is 5.84. The lowest BCUT2D eigenvalue weighted by Gasteiger charge is -2.04. The van der Waals surface area contributed by atoms with Crippen molar-refractivity contribution in [1.29, 1.82) is 0 Å². The van der Waals surface area contributed by atoms with Crippen molar-refractivity contribution >= 4 is 5.97 Å². The summed E-state index contributed by atoms with van der Waals surface area (Å²) in [5.41, 5.74) is 5.83. The molecule has 1 atom stereocenters. The van der Waals surface area contributed by atoms with Crippen molar-refractivity contribution < 1.29 is 14.3 Å². The van der Waals surface area contributed by atoms with Gasteiger partial charge in [0, 0.05) is 0 Å². The third kappa shape index (κ3) is 1.58. The van der Waals surface area contributed by atoms with E-state index in [4.69, 9.17) is 15.3 Å². The second-order valence-corrected chi connectivity index (χ2v) is 3.37. The number of rotatable bonds is 3. The summed E-state index contributed by atoms with van der Waals surface area (Å²) in [4.78, 5) is 10.5. The average Bonchev–Trinajstić information content (AvgIpc) is 2.81. The molecule has 70 valence electrons. The monoisotopic (exact) mass is 181 g/mol. The highest BCUT2D eigenvalue weighted by atomic mass is 16.4. The van der Waals surface area contributed by atoms with Gasteiger partial charge in [-0.25, -0.2) is 4.79 Å². The Labute approximate surface area is 75.3 Å². The number of hydrogen-bond donors (Lipinski definition) is 2. The molecule has 13 heavy (non-hydrogen) atoms. The van der Waals surface area contributed by atoms with Crippen LogP contribution < -0.4 is 5.73 Å². The molecular weight excluding hydrogens is 170 g/mol. The first-order valence-electron chi connectivity index (χ1n) is 4.27. The summed E-state index contributed by atoms with van der Waals surface area (Å²) in [6.07, 6.45) is 2.23. The Hall–Kier alpha value is -1.29. The van der Waals surface area contributed by atoms with Crippen molar-refractivity contribution in [3.8, 4) is 0 Å². The number of carbonyl (C=O) groups is 1. The van der Waals surface area contributed by atoms with E-state index in [1.807, 2.05) is 0 Å². The van der Waals surface area contributed by atoms with E-state index in [0.717, 1.165) is 12.8 Å². The zero-order chi connectivity index (χ0) is 9.42. The zero-order valence-electron chi connectivity index (χ0n) is 7.06. The second kappa shape index (κ2) is 2.88. The fourth-order valence-electron chi connectivity index (χ4n) is 1.33. The fourth-order valence-corrected chi connectivity index (χ4v) is 1.33. The molecule has 0 aromatic carbocycles. The molecule has 0 bridgehead atoms. The number of aromatic carboxylic acids is 1. The summed E-state index contributed by atoms with van der Waals surface area (Å²) in [6.45, 7) is 0. The average molecular weight is 181 g/mol. The van der Waals surface area contributed by atoms with Crippen molar-refractivity contribution in [3.05, 3.63) is 23.7 Å². The Bertz CT molecular complexity index is 327. The van der Waals surface area contributed by atoms with Crippen LogP contribution in [0.5, 0.6) is 0 Å². The number of carboxylic acid groups (broad SMARTS) is 1. The van der Waals surface area contributed by atoms with Crippen LogP contribution in [0.4, 0.5) is 0 Å². The minimum Gasteiger partial charge on any atom is -0.475 e. The number of furan rings is 1.